The highest BCUT2D eigenvalue weighted by Gasteiger charge is 2.07. The molecule has 2 heterocycles. The van der Waals surface area contributed by atoms with Gasteiger partial charge in [-0.15, -0.1) is 0 Å². The zero-order valence-electron chi connectivity index (χ0n) is 11.5. The quantitative estimate of drug-likeness (QED) is 0.827. The molecule has 2 aromatic rings. The Morgan fingerprint density at radius 1 is 1.45 bits per heavy atom. The van der Waals surface area contributed by atoms with Gasteiger partial charge in [0, 0.05) is 18.0 Å². The van der Waals surface area contributed by atoms with Gasteiger partial charge < -0.3 is 10.1 Å². The molecule has 0 aromatic carbocycles. The van der Waals surface area contributed by atoms with Crippen LogP contribution in [0.2, 0.25) is 0 Å². The van der Waals surface area contributed by atoms with Crippen LogP contribution >= 0.6 is 11.8 Å². The molecule has 5 nitrogen and oxygen atoms in total. The number of aliphatic hydroxyl groups excluding tert-OH is 1. The molecule has 0 aliphatic heterocycles. The largest absolute Gasteiger partial charge is 0.389 e. The van der Waals surface area contributed by atoms with E-state index in [-0.39, 0.29) is 5.56 Å². The second kappa shape index (κ2) is 6.67. The minimum absolute atomic E-state index is 0.155. The number of pyridine rings is 1. The van der Waals surface area contributed by atoms with Gasteiger partial charge in [-0.2, -0.15) is 0 Å². The van der Waals surface area contributed by atoms with E-state index in [4.69, 9.17) is 0 Å². The van der Waals surface area contributed by atoms with Crippen LogP contribution < -0.4 is 5.56 Å². The van der Waals surface area contributed by atoms with E-state index < -0.39 is 6.10 Å². The van der Waals surface area contributed by atoms with Crippen molar-refractivity contribution in [3.8, 4) is 0 Å². The summed E-state index contributed by atoms with van der Waals surface area (Å²) < 4.78 is 0. The Morgan fingerprint density at radius 2 is 2.25 bits per heavy atom. The van der Waals surface area contributed by atoms with Gasteiger partial charge in [0.25, 0.3) is 5.56 Å². The van der Waals surface area contributed by atoms with E-state index in [1.54, 1.807) is 25.3 Å². The molecule has 1 atom stereocenters. The van der Waals surface area contributed by atoms with Gasteiger partial charge in [-0.1, -0.05) is 13.3 Å². The van der Waals surface area contributed by atoms with Crippen LogP contribution in [0.3, 0.4) is 0 Å². The Labute approximate surface area is 121 Å². The number of aliphatic hydroxyl groups is 1. The van der Waals surface area contributed by atoms with Crippen LogP contribution in [0.4, 0.5) is 0 Å². The molecule has 106 valence electrons. The van der Waals surface area contributed by atoms with Crippen LogP contribution in [0.5, 0.6) is 0 Å². The summed E-state index contributed by atoms with van der Waals surface area (Å²) in [5.41, 5.74) is 1.41. The number of nitrogens with one attached hydrogen (secondary N) is 1. The predicted octanol–water partition coefficient (Wildman–Crippen LogP) is 2.32. The third-order valence-corrected chi connectivity index (χ3v) is 3.54. The maximum absolute atomic E-state index is 11.6. The smallest absolute Gasteiger partial charge is 0.251 e. The fraction of sp³-hybridized carbons (Fsp3) is 0.357. The topological polar surface area (TPSA) is 78.9 Å². The third kappa shape index (κ3) is 3.91. The molecule has 0 unspecified atom stereocenters. The Hall–Kier alpha value is -1.66. The van der Waals surface area contributed by atoms with Crippen molar-refractivity contribution in [2.45, 2.75) is 43.0 Å². The molecule has 0 fully saturated rings. The van der Waals surface area contributed by atoms with Crippen molar-refractivity contribution in [1.82, 2.24) is 15.0 Å². The summed E-state index contributed by atoms with van der Waals surface area (Å²) in [5, 5.41) is 10.8. The van der Waals surface area contributed by atoms with Gasteiger partial charge in [-0.05, 0) is 42.8 Å². The molecule has 0 aliphatic rings. The summed E-state index contributed by atoms with van der Waals surface area (Å²) >= 11 is 1.28. The molecule has 0 saturated carbocycles. The number of aromatic amines is 1. The lowest BCUT2D eigenvalue weighted by Gasteiger charge is -2.06. The van der Waals surface area contributed by atoms with E-state index >= 15 is 0 Å². The molecular weight excluding hydrogens is 274 g/mol. The molecular formula is C14H17N3O2S. The van der Waals surface area contributed by atoms with E-state index in [1.165, 1.54) is 17.8 Å². The first-order valence-electron chi connectivity index (χ1n) is 6.50. The van der Waals surface area contributed by atoms with Crippen molar-refractivity contribution >= 4 is 11.8 Å². The maximum atomic E-state index is 11.6. The lowest BCUT2D eigenvalue weighted by Crippen LogP contribution is -2.09. The van der Waals surface area contributed by atoms with Gasteiger partial charge in [0.1, 0.15) is 5.03 Å². The SMILES string of the molecule is CCCc1cc(=O)[nH]c(Sc2cc([C@@H](C)O)ccn2)n1. The Kier molecular flexibility index (Phi) is 4.92. The fourth-order valence-electron chi connectivity index (χ4n) is 1.76. The van der Waals surface area contributed by atoms with Gasteiger partial charge >= 0.3 is 0 Å². The Balaban J connectivity index is 2.25. The van der Waals surface area contributed by atoms with E-state index in [1.807, 2.05) is 6.92 Å². The molecule has 0 amide bonds. The van der Waals surface area contributed by atoms with E-state index in [0.29, 0.717) is 10.2 Å². The maximum Gasteiger partial charge on any atom is 0.251 e. The number of nitrogens with zero attached hydrogens (tertiary/aromatic N) is 2. The van der Waals surface area contributed by atoms with Gasteiger partial charge in [0.05, 0.1) is 6.10 Å². The van der Waals surface area contributed by atoms with Gasteiger partial charge in [-0.25, -0.2) is 9.97 Å². The van der Waals surface area contributed by atoms with Crippen LogP contribution in [0, 0.1) is 0 Å². The highest BCUT2D eigenvalue weighted by molar-refractivity contribution is 7.99. The third-order valence-electron chi connectivity index (χ3n) is 2.72. The van der Waals surface area contributed by atoms with Crippen molar-refractivity contribution in [1.29, 1.82) is 0 Å². The first-order chi connectivity index (χ1) is 9.58. The second-order valence-electron chi connectivity index (χ2n) is 4.50. The number of hydrogen-bond acceptors (Lipinski definition) is 5. The van der Waals surface area contributed by atoms with Crippen molar-refractivity contribution < 1.29 is 5.11 Å². The molecule has 2 rings (SSSR count). The Bertz CT molecular complexity index is 640. The first-order valence-corrected chi connectivity index (χ1v) is 7.32. The molecule has 20 heavy (non-hydrogen) atoms. The average Bonchev–Trinajstić information content (AvgIpc) is 2.38. The molecule has 0 saturated heterocycles. The molecule has 0 aliphatic carbocycles. The van der Waals surface area contributed by atoms with Gasteiger partial charge in [0.2, 0.25) is 0 Å². The molecule has 2 aromatic heterocycles. The van der Waals surface area contributed by atoms with Gasteiger partial charge in [-0.3, -0.25) is 4.79 Å². The number of rotatable bonds is 5. The van der Waals surface area contributed by atoms with Crippen molar-refractivity contribution in [3.63, 3.8) is 0 Å². The summed E-state index contributed by atoms with van der Waals surface area (Å²) in [5.74, 6) is 0. The van der Waals surface area contributed by atoms with Crippen LogP contribution in [0.25, 0.3) is 0 Å². The molecule has 2 N–H and O–H groups in total. The Morgan fingerprint density at radius 3 is 2.95 bits per heavy atom. The summed E-state index contributed by atoms with van der Waals surface area (Å²) in [7, 11) is 0. The lowest BCUT2D eigenvalue weighted by molar-refractivity contribution is 0.199. The summed E-state index contributed by atoms with van der Waals surface area (Å²) in [4.78, 5) is 22.9. The van der Waals surface area contributed by atoms with Crippen LogP contribution in [-0.4, -0.2) is 20.1 Å². The average molecular weight is 291 g/mol. The number of H-pyrrole nitrogens is 1. The predicted molar refractivity (Wildman–Crippen MR) is 77.8 cm³/mol. The van der Waals surface area contributed by atoms with Crippen LogP contribution in [0.1, 0.15) is 37.6 Å². The summed E-state index contributed by atoms with van der Waals surface area (Å²) in [6.07, 6.45) is 2.81. The van der Waals surface area contributed by atoms with Crippen LogP contribution in [-0.2, 0) is 6.42 Å². The minimum Gasteiger partial charge on any atom is -0.389 e. The normalized spacial score (nSPS) is 12.3. The summed E-state index contributed by atoms with van der Waals surface area (Å²) in [6, 6.07) is 5.08. The van der Waals surface area contributed by atoms with E-state index in [2.05, 4.69) is 15.0 Å². The van der Waals surface area contributed by atoms with Crippen molar-refractivity contribution in [2.24, 2.45) is 0 Å². The summed E-state index contributed by atoms with van der Waals surface area (Å²) in [6.45, 7) is 3.75. The molecule has 6 heteroatoms. The van der Waals surface area contributed by atoms with Gasteiger partial charge in [0.15, 0.2) is 5.16 Å². The van der Waals surface area contributed by atoms with Crippen molar-refractivity contribution in [3.05, 3.63) is 46.0 Å². The molecule has 0 bridgehead atoms. The first kappa shape index (κ1) is 14.7. The van der Waals surface area contributed by atoms with E-state index in [9.17, 15) is 9.90 Å². The minimum atomic E-state index is -0.546. The number of aromatic nitrogens is 3. The highest BCUT2D eigenvalue weighted by Crippen LogP contribution is 2.24. The monoisotopic (exact) mass is 291 g/mol. The lowest BCUT2D eigenvalue weighted by atomic mass is 10.2. The fourth-order valence-corrected chi connectivity index (χ4v) is 2.58. The number of aryl methyl sites for hydroxylation is 1. The highest BCUT2D eigenvalue weighted by atomic mass is 32.2. The van der Waals surface area contributed by atoms with Crippen molar-refractivity contribution in [2.75, 3.05) is 0 Å². The molecule has 0 spiro atoms. The van der Waals surface area contributed by atoms with E-state index in [0.717, 1.165) is 24.1 Å². The second-order valence-corrected chi connectivity index (χ2v) is 5.51. The van der Waals surface area contributed by atoms with Crippen LogP contribution in [0.15, 0.2) is 39.4 Å². The molecule has 0 radical (unpaired) electrons. The number of hydrogen-bond donors (Lipinski definition) is 2. The zero-order valence-corrected chi connectivity index (χ0v) is 12.3. The zero-order chi connectivity index (χ0) is 14.5. The standard InChI is InChI=1S/C14H17N3O2S/c1-3-4-11-8-12(19)17-14(16-11)20-13-7-10(9(2)18)5-6-15-13/h5-9,18H,3-4H2,1-2H3,(H,16,17,19)/t9-/m1/s1.